The molecule has 1 aromatic rings. The number of morpholine rings is 1. The average Bonchev–Trinajstić information content (AvgIpc) is 2.40. The van der Waals surface area contributed by atoms with Crippen molar-refractivity contribution < 1.29 is 4.74 Å². The Bertz CT molecular complexity index is 309. The number of hydrogen-bond acceptors (Lipinski definition) is 3. The summed E-state index contributed by atoms with van der Waals surface area (Å²) in [5.41, 5.74) is 5.00. The lowest BCUT2D eigenvalue weighted by Gasteiger charge is -2.32. The lowest BCUT2D eigenvalue weighted by atomic mass is 10.0. The first-order chi connectivity index (χ1) is 8.40. The molecule has 17 heavy (non-hydrogen) atoms. The van der Waals surface area contributed by atoms with Crippen molar-refractivity contribution in [3.05, 3.63) is 35.9 Å². The van der Waals surface area contributed by atoms with E-state index in [1.807, 2.05) is 0 Å². The topological polar surface area (TPSA) is 24.5 Å². The van der Waals surface area contributed by atoms with Crippen molar-refractivity contribution in [3.8, 4) is 0 Å². The van der Waals surface area contributed by atoms with Crippen LogP contribution in [0.15, 0.2) is 30.3 Å². The third-order valence-electron chi connectivity index (χ3n) is 3.13. The van der Waals surface area contributed by atoms with E-state index < -0.39 is 0 Å². The first-order valence-corrected chi connectivity index (χ1v) is 6.54. The normalized spacial score (nSPS) is 19.1. The molecule has 0 bridgehead atoms. The number of ether oxygens (including phenoxy) is 1. The molecule has 1 saturated heterocycles. The van der Waals surface area contributed by atoms with Crippen molar-refractivity contribution in [1.29, 1.82) is 0 Å². The lowest BCUT2D eigenvalue weighted by molar-refractivity contribution is 0.00253. The van der Waals surface area contributed by atoms with Gasteiger partial charge < -0.3 is 4.74 Å². The highest BCUT2D eigenvalue weighted by Gasteiger charge is 2.16. The van der Waals surface area contributed by atoms with Crippen LogP contribution in [0.4, 0.5) is 0 Å². The van der Waals surface area contributed by atoms with Crippen LogP contribution in [-0.4, -0.2) is 31.3 Å². The van der Waals surface area contributed by atoms with Crippen molar-refractivity contribution in [3.63, 3.8) is 0 Å². The van der Waals surface area contributed by atoms with Gasteiger partial charge in [0.1, 0.15) is 0 Å². The Labute approximate surface area is 104 Å². The quantitative estimate of drug-likeness (QED) is 0.846. The number of hydrogen-bond donors (Lipinski definition) is 1. The van der Waals surface area contributed by atoms with Crippen LogP contribution < -0.4 is 5.43 Å². The molecule has 3 heteroatoms. The summed E-state index contributed by atoms with van der Waals surface area (Å²) >= 11 is 0. The summed E-state index contributed by atoms with van der Waals surface area (Å²) in [6.45, 7) is 5.86. The summed E-state index contributed by atoms with van der Waals surface area (Å²) in [6.07, 6.45) is 2.36. The standard InChI is InChI=1S/C14H22N2O/c1-2-6-14(13-7-4-3-5-8-13)15-16-9-11-17-12-10-16/h3-5,7-8,14-15H,2,6,9-12H2,1H3. The number of hydrazine groups is 1. The Morgan fingerprint density at radius 2 is 1.94 bits per heavy atom. The van der Waals surface area contributed by atoms with E-state index in [1.54, 1.807) is 0 Å². The van der Waals surface area contributed by atoms with Crippen LogP contribution in [0.1, 0.15) is 31.4 Å². The highest BCUT2D eigenvalue weighted by atomic mass is 16.5. The fraction of sp³-hybridized carbons (Fsp3) is 0.571. The molecular formula is C14H22N2O. The fourth-order valence-electron chi connectivity index (χ4n) is 2.19. The molecule has 1 N–H and O–H groups in total. The molecule has 1 aliphatic heterocycles. The molecule has 3 nitrogen and oxygen atoms in total. The maximum atomic E-state index is 5.37. The van der Waals surface area contributed by atoms with Crippen LogP contribution in [0, 0.1) is 0 Å². The van der Waals surface area contributed by atoms with E-state index in [2.05, 4.69) is 47.7 Å². The van der Waals surface area contributed by atoms with E-state index in [0.717, 1.165) is 26.3 Å². The monoisotopic (exact) mass is 234 g/mol. The average molecular weight is 234 g/mol. The highest BCUT2D eigenvalue weighted by Crippen LogP contribution is 2.18. The van der Waals surface area contributed by atoms with Crippen LogP contribution in [-0.2, 0) is 4.74 Å². The largest absolute Gasteiger partial charge is 0.379 e. The van der Waals surface area contributed by atoms with Crippen molar-refractivity contribution >= 4 is 0 Å². The molecule has 1 unspecified atom stereocenters. The second kappa shape index (κ2) is 6.74. The van der Waals surface area contributed by atoms with E-state index in [-0.39, 0.29) is 0 Å². The number of nitrogens with zero attached hydrogens (tertiary/aromatic N) is 1. The van der Waals surface area contributed by atoms with Gasteiger partial charge in [-0.05, 0) is 12.0 Å². The molecule has 94 valence electrons. The van der Waals surface area contributed by atoms with E-state index in [9.17, 15) is 0 Å². The van der Waals surface area contributed by atoms with Crippen molar-refractivity contribution in [2.75, 3.05) is 26.3 Å². The highest BCUT2D eigenvalue weighted by molar-refractivity contribution is 5.18. The predicted octanol–water partition coefficient (Wildman–Crippen LogP) is 2.36. The molecule has 1 atom stereocenters. The molecule has 1 aromatic carbocycles. The van der Waals surface area contributed by atoms with E-state index in [0.29, 0.717) is 6.04 Å². The molecule has 0 amide bonds. The fourth-order valence-corrected chi connectivity index (χ4v) is 2.19. The maximum Gasteiger partial charge on any atom is 0.0608 e. The lowest BCUT2D eigenvalue weighted by Crippen LogP contribution is -2.47. The van der Waals surface area contributed by atoms with Gasteiger partial charge in [-0.1, -0.05) is 43.7 Å². The van der Waals surface area contributed by atoms with Gasteiger partial charge in [-0.15, -0.1) is 0 Å². The Kier molecular flexibility index (Phi) is 4.98. The summed E-state index contributed by atoms with van der Waals surface area (Å²) in [7, 11) is 0. The summed E-state index contributed by atoms with van der Waals surface area (Å²) in [6, 6.07) is 11.1. The molecular weight excluding hydrogens is 212 g/mol. The second-order valence-electron chi connectivity index (χ2n) is 4.48. The van der Waals surface area contributed by atoms with Crippen LogP contribution >= 0.6 is 0 Å². The van der Waals surface area contributed by atoms with Crippen LogP contribution in [0.3, 0.4) is 0 Å². The van der Waals surface area contributed by atoms with E-state index in [4.69, 9.17) is 4.74 Å². The number of rotatable bonds is 5. The van der Waals surface area contributed by atoms with Crippen LogP contribution in [0.2, 0.25) is 0 Å². The van der Waals surface area contributed by atoms with Gasteiger partial charge in [0.15, 0.2) is 0 Å². The van der Waals surface area contributed by atoms with E-state index in [1.165, 1.54) is 18.4 Å². The molecule has 1 heterocycles. The third kappa shape index (κ3) is 3.80. The van der Waals surface area contributed by atoms with Gasteiger partial charge in [-0.25, -0.2) is 10.4 Å². The molecule has 0 saturated carbocycles. The first kappa shape index (κ1) is 12.6. The summed E-state index contributed by atoms with van der Waals surface area (Å²) in [5, 5.41) is 2.29. The van der Waals surface area contributed by atoms with Gasteiger partial charge in [0.25, 0.3) is 0 Å². The van der Waals surface area contributed by atoms with Gasteiger partial charge in [0.05, 0.1) is 13.2 Å². The predicted molar refractivity (Wildman–Crippen MR) is 69.6 cm³/mol. The minimum absolute atomic E-state index is 0.430. The summed E-state index contributed by atoms with van der Waals surface area (Å²) in [4.78, 5) is 0. The molecule has 0 aliphatic carbocycles. The zero-order chi connectivity index (χ0) is 11.9. The minimum atomic E-state index is 0.430. The zero-order valence-electron chi connectivity index (χ0n) is 10.6. The van der Waals surface area contributed by atoms with Crippen molar-refractivity contribution in [2.45, 2.75) is 25.8 Å². The van der Waals surface area contributed by atoms with Gasteiger partial charge in [-0.2, -0.15) is 0 Å². The molecule has 0 radical (unpaired) electrons. The van der Waals surface area contributed by atoms with Gasteiger partial charge >= 0.3 is 0 Å². The minimum Gasteiger partial charge on any atom is -0.379 e. The second-order valence-corrected chi connectivity index (χ2v) is 4.48. The van der Waals surface area contributed by atoms with Crippen molar-refractivity contribution in [1.82, 2.24) is 10.4 Å². The molecule has 0 aromatic heterocycles. The van der Waals surface area contributed by atoms with Crippen LogP contribution in [0.25, 0.3) is 0 Å². The van der Waals surface area contributed by atoms with Crippen molar-refractivity contribution in [2.24, 2.45) is 0 Å². The smallest absolute Gasteiger partial charge is 0.0608 e. The zero-order valence-corrected chi connectivity index (χ0v) is 10.6. The van der Waals surface area contributed by atoms with Gasteiger partial charge in [-0.3, -0.25) is 0 Å². The van der Waals surface area contributed by atoms with E-state index >= 15 is 0 Å². The molecule has 2 rings (SSSR count). The Morgan fingerprint density at radius 3 is 2.59 bits per heavy atom. The van der Waals surface area contributed by atoms with Gasteiger partial charge in [0, 0.05) is 19.1 Å². The first-order valence-electron chi connectivity index (χ1n) is 6.54. The molecule has 1 aliphatic rings. The van der Waals surface area contributed by atoms with Gasteiger partial charge in [0.2, 0.25) is 0 Å². The number of benzene rings is 1. The maximum absolute atomic E-state index is 5.37. The molecule has 0 spiro atoms. The Morgan fingerprint density at radius 1 is 1.24 bits per heavy atom. The summed E-state index contributed by atoms with van der Waals surface area (Å²) < 4.78 is 5.37. The summed E-state index contributed by atoms with van der Waals surface area (Å²) in [5.74, 6) is 0. The third-order valence-corrected chi connectivity index (χ3v) is 3.13. The molecule has 1 fully saturated rings. The Hall–Kier alpha value is -0.900. The Balaban J connectivity index is 1.96. The number of nitrogens with one attached hydrogen (secondary N) is 1. The van der Waals surface area contributed by atoms with Crippen LogP contribution in [0.5, 0.6) is 0 Å². The SMILES string of the molecule is CCCC(NN1CCOCC1)c1ccccc1.